The summed E-state index contributed by atoms with van der Waals surface area (Å²) in [6.45, 7) is 0. The third-order valence-electron chi connectivity index (χ3n) is 3.52. The summed E-state index contributed by atoms with van der Waals surface area (Å²) in [6, 6.07) is 12.5. The molecule has 0 radical (unpaired) electrons. The number of aromatic nitrogens is 1. The molecule has 7 heteroatoms. The molecule has 1 N–H and O–H groups in total. The summed E-state index contributed by atoms with van der Waals surface area (Å²) in [5.74, 6) is 0.843. The van der Waals surface area contributed by atoms with Crippen LogP contribution in [-0.4, -0.2) is 25.1 Å². The molecule has 5 nitrogen and oxygen atoms in total. The van der Waals surface area contributed by atoms with Crippen molar-refractivity contribution in [1.82, 2.24) is 4.98 Å². The van der Waals surface area contributed by atoms with Gasteiger partial charge in [0.2, 0.25) is 0 Å². The molecule has 25 heavy (non-hydrogen) atoms. The summed E-state index contributed by atoms with van der Waals surface area (Å²) in [5.41, 5.74) is 2.03. The Hall–Kier alpha value is -2.57. The highest BCUT2D eigenvalue weighted by Gasteiger charge is 2.14. The van der Waals surface area contributed by atoms with E-state index in [0.717, 1.165) is 11.3 Å². The number of methoxy groups -OCH3 is 2. The molecule has 1 aromatic heterocycles. The molecule has 0 saturated heterocycles. The molecule has 0 spiro atoms. The lowest BCUT2D eigenvalue weighted by molar-refractivity contribution is 0.102. The highest BCUT2D eigenvalue weighted by molar-refractivity contribution is 7.14. The minimum Gasteiger partial charge on any atom is -0.496 e. The molecule has 3 rings (SSSR count). The number of hydrogen-bond donors (Lipinski definition) is 1. The van der Waals surface area contributed by atoms with Gasteiger partial charge in [0.15, 0.2) is 5.13 Å². The standard InChI is InChI=1S/C18H15ClN2O3S/c1-23-15-6-4-3-5-12(15)17(22)21-18-20-14(10-25-18)11-7-8-16(24-2)13(19)9-11/h3-10H,1-2H3,(H,20,21,22). The van der Waals surface area contributed by atoms with E-state index in [4.69, 9.17) is 21.1 Å². The van der Waals surface area contributed by atoms with Crippen LogP contribution >= 0.6 is 22.9 Å². The fourth-order valence-electron chi connectivity index (χ4n) is 2.29. The van der Waals surface area contributed by atoms with E-state index in [0.29, 0.717) is 27.2 Å². The van der Waals surface area contributed by atoms with Crippen molar-refractivity contribution in [3.8, 4) is 22.8 Å². The second-order valence-electron chi connectivity index (χ2n) is 5.04. The Morgan fingerprint density at radius 3 is 2.60 bits per heavy atom. The summed E-state index contributed by atoms with van der Waals surface area (Å²) in [6.07, 6.45) is 0. The van der Waals surface area contributed by atoms with Gasteiger partial charge in [0.25, 0.3) is 5.91 Å². The van der Waals surface area contributed by atoms with E-state index in [1.165, 1.54) is 18.4 Å². The molecule has 0 bridgehead atoms. The van der Waals surface area contributed by atoms with Crippen molar-refractivity contribution in [3.05, 3.63) is 58.4 Å². The van der Waals surface area contributed by atoms with Crippen molar-refractivity contribution in [1.29, 1.82) is 0 Å². The van der Waals surface area contributed by atoms with Gasteiger partial charge in [-0.25, -0.2) is 4.98 Å². The summed E-state index contributed by atoms with van der Waals surface area (Å²) in [4.78, 5) is 16.9. The van der Waals surface area contributed by atoms with E-state index >= 15 is 0 Å². The second kappa shape index (κ2) is 7.55. The number of amides is 1. The van der Waals surface area contributed by atoms with E-state index in [-0.39, 0.29) is 5.91 Å². The molecule has 3 aromatic rings. The summed E-state index contributed by atoms with van der Waals surface area (Å²) >= 11 is 7.49. The number of anilines is 1. The predicted molar refractivity (Wildman–Crippen MR) is 100 cm³/mol. The average Bonchev–Trinajstić information content (AvgIpc) is 3.10. The van der Waals surface area contributed by atoms with E-state index < -0.39 is 0 Å². The second-order valence-corrected chi connectivity index (χ2v) is 6.31. The van der Waals surface area contributed by atoms with Crippen LogP contribution < -0.4 is 14.8 Å². The van der Waals surface area contributed by atoms with E-state index in [2.05, 4.69) is 10.3 Å². The van der Waals surface area contributed by atoms with Crippen LogP contribution in [0.15, 0.2) is 47.8 Å². The van der Waals surface area contributed by atoms with Crippen molar-refractivity contribution in [2.24, 2.45) is 0 Å². The zero-order valence-corrected chi connectivity index (χ0v) is 15.1. The molecule has 1 heterocycles. The first-order valence-corrected chi connectivity index (χ1v) is 8.62. The number of nitrogens with zero attached hydrogens (tertiary/aromatic N) is 1. The van der Waals surface area contributed by atoms with Gasteiger partial charge in [-0.3, -0.25) is 10.1 Å². The molecule has 0 aliphatic carbocycles. The zero-order chi connectivity index (χ0) is 17.8. The van der Waals surface area contributed by atoms with Gasteiger partial charge in [-0.2, -0.15) is 0 Å². The Kier molecular flexibility index (Phi) is 5.21. The van der Waals surface area contributed by atoms with Gasteiger partial charge < -0.3 is 9.47 Å². The van der Waals surface area contributed by atoms with Gasteiger partial charge >= 0.3 is 0 Å². The molecule has 1 amide bonds. The lowest BCUT2D eigenvalue weighted by atomic mass is 10.2. The Bertz CT molecular complexity index is 911. The third kappa shape index (κ3) is 3.75. The number of carbonyl (C=O) groups is 1. The number of nitrogens with one attached hydrogen (secondary N) is 1. The molecule has 0 saturated carbocycles. The highest BCUT2D eigenvalue weighted by Crippen LogP contribution is 2.32. The molecule has 128 valence electrons. The zero-order valence-electron chi connectivity index (χ0n) is 13.6. The van der Waals surface area contributed by atoms with Crippen molar-refractivity contribution in [2.45, 2.75) is 0 Å². The number of para-hydroxylation sites is 1. The lowest BCUT2D eigenvalue weighted by Gasteiger charge is -2.07. The van der Waals surface area contributed by atoms with Gasteiger partial charge in [-0.05, 0) is 30.3 Å². The number of rotatable bonds is 5. The summed E-state index contributed by atoms with van der Waals surface area (Å²) < 4.78 is 10.4. The smallest absolute Gasteiger partial charge is 0.261 e. The van der Waals surface area contributed by atoms with Crippen molar-refractivity contribution < 1.29 is 14.3 Å². The largest absolute Gasteiger partial charge is 0.496 e. The van der Waals surface area contributed by atoms with Crippen LogP contribution in [0.2, 0.25) is 5.02 Å². The minimum absolute atomic E-state index is 0.272. The molecule has 0 aliphatic heterocycles. The first-order valence-electron chi connectivity index (χ1n) is 7.36. The first-order chi connectivity index (χ1) is 12.1. The van der Waals surface area contributed by atoms with Crippen LogP contribution in [-0.2, 0) is 0 Å². The van der Waals surface area contributed by atoms with E-state index in [1.54, 1.807) is 37.4 Å². The summed E-state index contributed by atoms with van der Waals surface area (Å²) in [7, 11) is 3.09. The van der Waals surface area contributed by atoms with Gasteiger partial charge in [-0.15, -0.1) is 11.3 Å². The van der Waals surface area contributed by atoms with Crippen molar-refractivity contribution in [3.63, 3.8) is 0 Å². The van der Waals surface area contributed by atoms with E-state index in [1.807, 2.05) is 17.5 Å². The Morgan fingerprint density at radius 2 is 1.88 bits per heavy atom. The molecular weight excluding hydrogens is 360 g/mol. The maximum absolute atomic E-state index is 12.4. The average molecular weight is 375 g/mol. The minimum atomic E-state index is -0.272. The number of halogens is 1. The Morgan fingerprint density at radius 1 is 1.12 bits per heavy atom. The SMILES string of the molecule is COc1ccc(-c2csc(NC(=O)c3ccccc3OC)n2)cc1Cl. The maximum Gasteiger partial charge on any atom is 0.261 e. The highest BCUT2D eigenvalue weighted by atomic mass is 35.5. The van der Waals surface area contributed by atoms with Crippen LogP contribution in [0.4, 0.5) is 5.13 Å². The van der Waals surface area contributed by atoms with Gasteiger partial charge in [0, 0.05) is 10.9 Å². The van der Waals surface area contributed by atoms with Crippen LogP contribution in [0.5, 0.6) is 11.5 Å². The molecular formula is C18H15ClN2O3S. The lowest BCUT2D eigenvalue weighted by Crippen LogP contribution is -2.12. The molecule has 0 atom stereocenters. The van der Waals surface area contributed by atoms with Crippen LogP contribution in [0.25, 0.3) is 11.3 Å². The maximum atomic E-state index is 12.4. The number of thiazole rings is 1. The Labute approximate surface area is 154 Å². The van der Waals surface area contributed by atoms with Crippen LogP contribution in [0.1, 0.15) is 10.4 Å². The number of ether oxygens (including phenoxy) is 2. The fourth-order valence-corrected chi connectivity index (χ4v) is 3.26. The molecule has 0 aliphatic rings. The monoisotopic (exact) mass is 374 g/mol. The number of hydrogen-bond acceptors (Lipinski definition) is 5. The van der Waals surface area contributed by atoms with Gasteiger partial charge in [-0.1, -0.05) is 23.7 Å². The van der Waals surface area contributed by atoms with Crippen LogP contribution in [0.3, 0.4) is 0 Å². The van der Waals surface area contributed by atoms with Crippen molar-refractivity contribution >= 4 is 34.0 Å². The van der Waals surface area contributed by atoms with Gasteiger partial charge in [0.1, 0.15) is 11.5 Å². The number of benzene rings is 2. The van der Waals surface area contributed by atoms with Gasteiger partial charge in [0.05, 0.1) is 30.5 Å². The first kappa shape index (κ1) is 17.3. The molecule has 0 fully saturated rings. The quantitative estimate of drug-likeness (QED) is 0.701. The summed E-state index contributed by atoms with van der Waals surface area (Å²) in [5, 5.41) is 5.65. The topological polar surface area (TPSA) is 60.5 Å². The number of carbonyl (C=O) groups excluding carboxylic acids is 1. The van der Waals surface area contributed by atoms with E-state index in [9.17, 15) is 4.79 Å². The Balaban J connectivity index is 1.80. The normalized spacial score (nSPS) is 10.4. The van der Waals surface area contributed by atoms with Crippen molar-refractivity contribution in [2.75, 3.05) is 19.5 Å². The predicted octanol–water partition coefficient (Wildman–Crippen LogP) is 4.73. The molecule has 0 unspecified atom stereocenters. The third-order valence-corrected chi connectivity index (χ3v) is 4.58. The van der Waals surface area contributed by atoms with Crippen LogP contribution in [0, 0.1) is 0 Å². The fraction of sp³-hybridized carbons (Fsp3) is 0.111. The molecule has 2 aromatic carbocycles.